The summed E-state index contributed by atoms with van der Waals surface area (Å²) in [5.74, 6) is 0. The maximum absolute atomic E-state index is 2.57. The normalized spacial score (nSPS) is 13.1. The zero-order valence-corrected chi connectivity index (χ0v) is 30.7. The van der Waals surface area contributed by atoms with Crippen LogP contribution in [0, 0.1) is 0 Å². The van der Waals surface area contributed by atoms with E-state index in [1.807, 2.05) is 0 Å². The molecule has 0 atom stereocenters. The Balaban J connectivity index is 1.21. The Morgan fingerprint density at radius 3 is 1.41 bits per heavy atom. The lowest BCUT2D eigenvalue weighted by atomic mass is 9.70. The Kier molecular flexibility index (Phi) is 6.62. The molecule has 1 heterocycles. The molecule has 0 radical (unpaired) electrons. The van der Waals surface area contributed by atoms with Crippen LogP contribution in [0.5, 0.6) is 0 Å². The molecule has 0 saturated carbocycles. The Hall–Kier alpha value is -7.22. The molecular weight excluding hydrogens is 675 g/mol. The van der Waals surface area contributed by atoms with Crippen LogP contribution in [0.2, 0.25) is 0 Å². The number of nitrogens with zero attached hydrogens (tertiary/aromatic N) is 1. The van der Waals surface area contributed by atoms with Crippen molar-refractivity contribution in [3.05, 3.63) is 235 Å². The van der Waals surface area contributed by atoms with Gasteiger partial charge >= 0.3 is 0 Å². The molecule has 12 rings (SSSR count). The summed E-state index contributed by atoms with van der Waals surface area (Å²) in [6, 6.07) is 78.7. The van der Waals surface area contributed by atoms with Gasteiger partial charge in [-0.25, -0.2) is 0 Å². The third-order valence-corrected chi connectivity index (χ3v) is 12.4. The lowest BCUT2D eigenvalue weighted by Gasteiger charge is -2.31. The van der Waals surface area contributed by atoms with Gasteiger partial charge in [0.2, 0.25) is 0 Å². The van der Waals surface area contributed by atoms with Crippen LogP contribution in [0.15, 0.2) is 212 Å². The molecule has 2 aliphatic rings. The van der Waals surface area contributed by atoms with Gasteiger partial charge in [0.15, 0.2) is 0 Å². The number of hydrogen-bond acceptors (Lipinski definition) is 0. The molecule has 1 heteroatoms. The van der Waals surface area contributed by atoms with Crippen molar-refractivity contribution < 1.29 is 0 Å². The van der Waals surface area contributed by atoms with E-state index in [9.17, 15) is 0 Å². The molecule has 0 saturated heterocycles. The van der Waals surface area contributed by atoms with Crippen LogP contribution in [0.3, 0.4) is 0 Å². The summed E-state index contributed by atoms with van der Waals surface area (Å²) in [5.41, 5.74) is 21.1. The zero-order chi connectivity index (χ0) is 36.8. The summed E-state index contributed by atoms with van der Waals surface area (Å²) < 4.78 is 2.57. The number of fused-ring (bicyclic) bond motifs is 14. The SMILES string of the molecule is c1ccc(-c2cccc(-c3ccc4c(c3)c3ccc5c(c3n4-c3cccc(-c4ccccc4)c3)C3(c4ccccc4-c4ccccc43)c3ccccc3-5)c2)cc1. The average Bonchev–Trinajstić information content (AvgIpc) is 3.89. The fourth-order valence-electron chi connectivity index (χ4n) is 10.1. The van der Waals surface area contributed by atoms with Crippen LogP contribution < -0.4 is 0 Å². The smallest absolute Gasteiger partial charge is 0.0746 e. The first-order valence-corrected chi connectivity index (χ1v) is 19.5. The second kappa shape index (κ2) is 11.9. The van der Waals surface area contributed by atoms with Crippen molar-refractivity contribution in [3.8, 4) is 61.3 Å². The van der Waals surface area contributed by atoms with Crippen molar-refractivity contribution in [1.82, 2.24) is 4.57 Å². The highest BCUT2D eigenvalue weighted by Crippen LogP contribution is 2.64. The fourth-order valence-corrected chi connectivity index (χ4v) is 10.1. The summed E-state index contributed by atoms with van der Waals surface area (Å²) >= 11 is 0. The van der Waals surface area contributed by atoms with Gasteiger partial charge in [-0.2, -0.15) is 0 Å². The summed E-state index contributed by atoms with van der Waals surface area (Å²) in [4.78, 5) is 0. The predicted molar refractivity (Wildman–Crippen MR) is 233 cm³/mol. The molecule has 2 aliphatic carbocycles. The van der Waals surface area contributed by atoms with Crippen LogP contribution in [0.25, 0.3) is 83.1 Å². The third kappa shape index (κ3) is 4.26. The van der Waals surface area contributed by atoms with Gasteiger partial charge in [-0.3, -0.25) is 0 Å². The summed E-state index contributed by atoms with van der Waals surface area (Å²) in [6.45, 7) is 0. The summed E-state index contributed by atoms with van der Waals surface area (Å²) in [6.07, 6.45) is 0. The predicted octanol–water partition coefficient (Wildman–Crippen LogP) is 14.1. The highest BCUT2D eigenvalue weighted by atomic mass is 15.0. The van der Waals surface area contributed by atoms with Crippen LogP contribution in [-0.4, -0.2) is 4.57 Å². The minimum atomic E-state index is -0.478. The molecule has 9 aromatic carbocycles. The molecular formula is C55H35N. The topological polar surface area (TPSA) is 4.93 Å². The monoisotopic (exact) mass is 709 g/mol. The van der Waals surface area contributed by atoms with E-state index in [2.05, 4.69) is 217 Å². The van der Waals surface area contributed by atoms with E-state index in [0.717, 1.165) is 5.69 Å². The first-order valence-electron chi connectivity index (χ1n) is 19.5. The van der Waals surface area contributed by atoms with Crippen molar-refractivity contribution >= 4 is 21.8 Å². The molecule has 1 aromatic heterocycles. The van der Waals surface area contributed by atoms with Gasteiger partial charge in [0.05, 0.1) is 16.4 Å². The number of aromatic nitrogens is 1. The molecule has 0 aliphatic heterocycles. The van der Waals surface area contributed by atoms with Crippen LogP contribution in [-0.2, 0) is 5.41 Å². The Morgan fingerprint density at radius 2 is 0.786 bits per heavy atom. The standard InChI is InChI=1S/C55H35N/c1-3-15-36(16-4-1)38-19-13-20-39(33-38)41-29-32-52-48(35-41)47-31-30-46-45-25-9-12-28-51(45)55(49-26-10-7-23-43(49)44-24-8-11-27-50(44)55)53(46)54(47)56(52)42-22-14-21-40(34-42)37-17-5-2-6-18-37/h1-35H. The summed E-state index contributed by atoms with van der Waals surface area (Å²) in [7, 11) is 0. The Labute approximate surface area is 326 Å². The number of benzene rings is 9. The second-order valence-corrected chi connectivity index (χ2v) is 15.2. The van der Waals surface area contributed by atoms with E-state index >= 15 is 0 Å². The minimum absolute atomic E-state index is 0.478. The zero-order valence-electron chi connectivity index (χ0n) is 30.7. The average molecular weight is 710 g/mol. The molecule has 1 spiro atoms. The molecule has 1 nitrogen and oxygen atoms in total. The first-order chi connectivity index (χ1) is 27.8. The van der Waals surface area contributed by atoms with Crippen LogP contribution in [0.1, 0.15) is 22.3 Å². The quantitative estimate of drug-likeness (QED) is 0.171. The molecule has 56 heavy (non-hydrogen) atoms. The van der Waals surface area contributed by atoms with Crippen molar-refractivity contribution in [3.63, 3.8) is 0 Å². The van der Waals surface area contributed by atoms with Gasteiger partial charge in [0.25, 0.3) is 0 Å². The molecule has 10 aromatic rings. The highest BCUT2D eigenvalue weighted by Gasteiger charge is 2.53. The Bertz CT molecular complexity index is 3120. The van der Waals surface area contributed by atoms with Gasteiger partial charge in [-0.1, -0.05) is 182 Å². The van der Waals surface area contributed by atoms with E-state index in [0.29, 0.717) is 0 Å². The molecule has 0 fully saturated rings. The first kappa shape index (κ1) is 31.2. The van der Waals surface area contributed by atoms with Gasteiger partial charge in [0, 0.05) is 22.0 Å². The maximum Gasteiger partial charge on any atom is 0.0746 e. The van der Waals surface area contributed by atoms with Crippen LogP contribution >= 0.6 is 0 Å². The van der Waals surface area contributed by atoms with Crippen LogP contribution in [0.4, 0.5) is 0 Å². The van der Waals surface area contributed by atoms with Gasteiger partial charge < -0.3 is 4.57 Å². The largest absolute Gasteiger partial charge is 0.309 e. The maximum atomic E-state index is 2.57. The van der Waals surface area contributed by atoms with E-state index in [1.165, 1.54) is 99.7 Å². The lowest BCUT2D eigenvalue weighted by Crippen LogP contribution is -2.26. The van der Waals surface area contributed by atoms with E-state index in [1.54, 1.807) is 0 Å². The van der Waals surface area contributed by atoms with Crippen molar-refractivity contribution in [2.24, 2.45) is 0 Å². The lowest BCUT2D eigenvalue weighted by molar-refractivity contribution is 0.797. The molecule has 260 valence electrons. The van der Waals surface area contributed by atoms with E-state index < -0.39 is 5.41 Å². The number of hydrogen-bond donors (Lipinski definition) is 0. The molecule has 0 unspecified atom stereocenters. The van der Waals surface area contributed by atoms with Crippen molar-refractivity contribution in [2.75, 3.05) is 0 Å². The van der Waals surface area contributed by atoms with Crippen molar-refractivity contribution in [2.45, 2.75) is 5.41 Å². The molecule has 0 amide bonds. The molecule has 0 N–H and O–H groups in total. The second-order valence-electron chi connectivity index (χ2n) is 15.2. The Morgan fingerprint density at radius 1 is 0.304 bits per heavy atom. The highest BCUT2D eigenvalue weighted by molar-refractivity contribution is 6.15. The van der Waals surface area contributed by atoms with Gasteiger partial charge in [0.1, 0.15) is 0 Å². The fraction of sp³-hybridized carbons (Fsp3) is 0.0182. The number of rotatable bonds is 4. The molecule has 0 bridgehead atoms. The third-order valence-electron chi connectivity index (χ3n) is 12.4. The van der Waals surface area contributed by atoms with Gasteiger partial charge in [-0.15, -0.1) is 0 Å². The van der Waals surface area contributed by atoms with Crippen molar-refractivity contribution in [1.29, 1.82) is 0 Å². The van der Waals surface area contributed by atoms with E-state index in [4.69, 9.17) is 0 Å². The van der Waals surface area contributed by atoms with E-state index in [-0.39, 0.29) is 0 Å². The summed E-state index contributed by atoms with van der Waals surface area (Å²) in [5, 5.41) is 2.51. The van der Waals surface area contributed by atoms with Gasteiger partial charge in [-0.05, 0) is 103 Å². The minimum Gasteiger partial charge on any atom is -0.309 e.